The van der Waals surface area contributed by atoms with Gasteiger partial charge in [-0.05, 0) is 42.3 Å². The van der Waals surface area contributed by atoms with Crippen LogP contribution < -0.4 is 26.5 Å². The van der Waals surface area contributed by atoms with E-state index in [9.17, 15) is 18.0 Å². The molecule has 3 aromatic heterocycles. The Bertz CT molecular complexity index is 1830. The van der Waals surface area contributed by atoms with Crippen molar-refractivity contribution in [1.82, 2.24) is 15.3 Å². The van der Waals surface area contributed by atoms with Crippen molar-refractivity contribution in [3.63, 3.8) is 0 Å². The molecule has 7 N–H and O–H groups in total. The normalized spacial score (nSPS) is 12.5. The van der Waals surface area contributed by atoms with E-state index < -0.39 is 12.1 Å². The van der Waals surface area contributed by atoms with Gasteiger partial charge in [-0.2, -0.15) is 18.2 Å². The van der Waals surface area contributed by atoms with Gasteiger partial charge in [0.1, 0.15) is 11.7 Å². The maximum absolute atomic E-state index is 13.0. The van der Waals surface area contributed by atoms with Crippen molar-refractivity contribution in [1.29, 1.82) is 0 Å². The quantitative estimate of drug-likeness (QED) is 0.266. The number of carboxylic acids is 1. The summed E-state index contributed by atoms with van der Waals surface area (Å²) in [5.74, 6) is -2.27. The second kappa shape index (κ2) is 13.6. The Kier molecular flexibility index (Phi) is 9.45. The summed E-state index contributed by atoms with van der Waals surface area (Å²) in [6, 6.07) is 26.8. The predicted octanol–water partition coefficient (Wildman–Crippen LogP) is 1.89. The Morgan fingerprint density at radius 3 is 2.42 bits per heavy atom. The number of pyridine rings is 3. The van der Waals surface area contributed by atoms with Crippen molar-refractivity contribution >= 4 is 28.6 Å². The average molecular weight is 617 g/mol. The number of alkyl halides is 3. The first kappa shape index (κ1) is 31.2. The van der Waals surface area contributed by atoms with E-state index in [-0.39, 0.29) is 5.91 Å². The minimum absolute atomic E-state index is 0.194. The van der Waals surface area contributed by atoms with Gasteiger partial charge in [-0.1, -0.05) is 42.5 Å². The molecule has 0 unspecified atom stereocenters. The molecule has 0 fully saturated rings. The number of H-pyrrole nitrogens is 1. The molecule has 4 heterocycles. The predicted molar refractivity (Wildman–Crippen MR) is 157 cm³/mol. The van der Waals surface area contributed by atoms with E-state index >= 15 is 0 Å². The van der Waals surface area contributed by atoms with Gasteiger partial charge in [0.25, 0.3) is 5.91 Å². The molecule has 230 valence electrons. The first-order valence-electron chi connectivity index (χ1n) is 14.3. The fourth-order valence-corrected chi connectivity index (χ4v) is 5.06. The summed E-state index contributed by atoms with van der Waals surface area (Å²) in [4.78, 5) is 34.7. The molecule has 0 atom stereocenters. The second-order valence-electron chi connectivity index (χ2n) is 10.4. The number of carbonyl (C=O) groups is 2. The third-order valence-electron chi connectivity index (χ3n) is 7.39. The second-order valence-corrected chi connectivity index (χ2v) is 10.4. The van der Waals surface area contributed by atoms with Crippen molar-refractivity contribution in [2.24, 2.45) is 0 Å². The molecule has 0 aliphatic carbocycles. The Labute approximate surface area is 256 Å². The summed E-state index contributed by atoms with van der Waals surface area (Å²) in [5, 5.41) is 14.9. The van der Waals surface area contributed by atoms with Gasteiger partial charge in [0, 0.05) is 35.4 Å². The van der Waals surface area contributed by atoms with Gasteiger partial charge in [-0.15, -0.1) is 0 Å². The molecule has 45 heavy (non-hydrogen) atoms. The average Bonchev–Trinajstić information content (AvgIpc) is 3.06. The molecule has 5 aromatic rings. The summed E-state index contributed by atoms with van der Waals surface area (Å²) in [7, 11) is 0. The zero-order valence-electron chi connectivity index (χ0n) is 24.2. The van der Waals surface area contributed by atoms with E-state index in [0.717, 1.165) is 70.7 Å². The zero-order valence-corrected chi connectivity index (χ0v) is 24.2. The molecule has 0 saturated heterocycles. The van der Waals surface area contributed by atoms with Gasteiger partial charge in [-0.3, -0.25) is 15.1 Å². The lowest BCUT2D eigenvalue weighted by molar-refractivity contribution is -0.579. The number of nitrogens with zero attached hydrogens (tertiary/aromatic N) is 2. The molecular formula is C33H31F3N6O3+2. The number of hydrogen-bond acceptors (Lipinski definition) is 5. The number of aliphatic carboxylic acids is 1. The molecule has 2 aromatic carbocycles. The van der Waals surface area contributed by atoms with Crippen LogP contribution in [0.25, 0.3) is 33.3 Å². The van der Waals surface area contributed by atoms with E-state index in [4.69, 9.17) is 9.90 Å². The number of benzene rings is 2. The lowest BCUT2D eigenvalue weighted by Gasteiger charge is -2.13. The Hall–Kier alpha value is -5.20. The SMILES string of the molecule is O=C([O-])C(F)(F)F.[NH3+]Cc1ccc(-c2[nH+]c3ccnc(CNC(=O)c4ccc5c(n4)[NH2+]CCC5)c3cc2-c2ccccc2)cc1. The van der Waals surface area contributed by atoms with Crippen LogP contribution in [0.1, 0.15) is 33.7 Å². The van der Waals surface area contributed by atoms with Crippen LogP contribution in [0.15, 0.2) is 85.1 Å². The number of aromatic nitrogens is 3. The number of carboxylic acid groups (broad SMARTS) is 1. The number of halogens is 3. The van der Waals surface area contributed by atoms with Crippen molar-refractivity contribution in [2.45, 2.75) is 32.1 Å². The van der Waals surface area contributed by atoms with Crippen LogP contribution in [0.4, 0.5) is 19.0 Å². The van der Waals surface area contributed by atoms with Crippen molar-refractivity contribution < 1.29 is 43.9 Å². The molecule has 0 saturated carbocycles. The van der Waals surface area contributed by atoms with Gasteiger partial charge in [-0.25, -0.2) is 4.98 Å². The summed E-state index contributed by atoms with van der Waals surface area (Å²) in [5.41, 5.74) is 12.9. The topological polar surface area (TPSA) is 153 Å². The van der Waals surface area contributed by atoms with Gasteiger partial charge >= 0.3 is 6.18 Å². The Balaban J connectivity index is 0.000000515. The third kappa shape index (κ3) is 7.48. The van der Waals surface area contributed by atoms with Gasteiger partial charge < -0.3 is 21.0 Å². The van der Waals surface area contributed by atoms with Crippen molar-refractivity contribution in [3.05, 3.63) is 108 Å². The van der Waals surface area contributed by atoms with E-state index in [1.807, 2.05) is 36.4 Å². The van der Waals surface area contributed by atoms with Crippen LogP contribution in [0.5, 0.6) is 0 Å². The van der Waals surface area contributed by atoms with Gasteiger partial charge in [0.05, 0.1) is 36.3 Å². The van der Waals surface area contributed by atoms with Crippen LogP contribution in [0.3, 0.4) is 0 Å². The number of nitrogens with two attached hydrogens (primary N) is 1. The molecule has 1 aliphatic rings. The van der Waals surface area contributed by atoms with Crippen molar-refractivity contribution in [3.8, 4) is 22.4 Å². The monoisotopic (exact) mass is 616 g/mol. The Morgan fingerprint density at radius 2 is 1.73 bits per heavy atom. The highest BCUT2D eigenvalue weighted by Crippen LogP contribution is 2.32. The molecule has 12 heteroatoms. The summed E-state index contributed by atoms with van der Waals surface area (Å²) in [6.07, 6.45) is -1.26. The molecule has 0 bridgehead atoms. The number of amides is 1. The van der Waals surface area contributed by atoms with Gasteiger partial charge in [0.2, 0.25) is 17.0 Å². The maximum atomic E-state index is 13.0. The van der Waals surface area contributed by atoms with Crippen LogP contribution in [-0.2, 0) is 24.3 Å². The molecule has 1 amide bonds. The molecule has 1 aliphatic heterocycles. The highest BCUT2D eigenvalue weighted by molar-refractivity contribution is 5.93. The van der Waals surface area contributed by atoms with Crippen LogP contribution >= 0.6 is 0 Å². The van der Waals surface area contributed by atoms with E-state index in [1.54, 1.807) is 6.20 Å². The summed E-state index contributed by atoms with van der Waals surface area (Å²) in [6.45, 7) is 2.07. The fraction of sp³-hybridized carbons (Fsp3) is 0.182. The van der Waals surface area contributed by atoms with E-state index in [1.165, 1.54) is 11.1 Å². The largest absolute Gasteiger partial charge is 0.542 e. The van der Waals surface area contributed by atoms with Crippen LogP contribution in [-0.4, -0.2) is 34.6 Å². The van der Waals surface area contributed by atoms with Crippen molar-refractivity contribution in [2.75, 3.05) is 6.54 Å². The lowest BCUT2D eigenvalue weighted by Crippen LogP contribution is -2.80. The van der Waals surface area contributed by atoms with Crippen LogP contribution in [0, 0.1) is 0 Å². The molecular weight excluding hydrogens is 585 g/mol. The van der Waals surface area contributed by atoms with Crippen LogP contribution in [0.2, 0.25) is 0 Å². The number of fused-ring (bicyclic) bond motifs is 2. The fourth-order valence-electron chi connectivity index (χ4n) is 5.06. The van der Waals surface area contributed by atoms with E-state index in [2.05, 4.69) is 73.8 Å². The first-order chi connectivity index (χ1) is 21.6. The minimum atomic E-state index is -5.19. The highest BCUT2D eigenvalue weighted by Gasteiger charge is 2.29. The summed E-state index contributed by atoms with van der Waals surface area (Å²) >= 11 is 0. The third-order valence-corrected chi connectivity index (χ3v) is 7.39. The number of carbonyl (C=O) groups excluding carboxylic acids is 2. The maximum Gasteiger partial charge on any atom is 0.430 e. The molecule has 6 rings (SSSR count). The number of aryl methyl sites for hydroxylation is 1. The van der Waals surface area contributed by atoms with E-state index in [0.29, 0.717) is 12.2 Å². The molecule has 0 radical (unpaired) electrons. The Morgan fingerprint density at radius 1 is 1.00 bits per heavy atom. The highest BCUT2D eigenvalue weighted by atomic mass is 19.4. The standard InChI is InChI=1S/C31H28N6O.C2HF3O2/c32-18-20-8-10-22(11-9-20)29-24(21-5-2-1-3-6-21)17-25-26(36-29)14-16-33-28(25)19-35-31(38)27-13-12-23-7-4-15-34-30(23)37-27;3-2(4,5)1(6)7/h1-3,5-6,8-14,16-17H,4,7,15,18-19,32H2,(H,34,37)(H,35,38);(H,6,7)/p+2. The number of nitrogens with one attached hydrogen (secondary N) is 2. The zero-order chi connectivity index (χ0) is 32.0. The first-order valence-corrected chi connectivity index (χ1v) is 14.3. The minimum Gasteiger partial charge on any atom is -0.542 e. The van der Waals surface area contributed by atoms with Gasteiger partial charge in [0.15, 0.2) is 0 Å². The number of quaternary nitrogens is 2. The number of hydrogen-bond donors (Lipinski definition) is 3. The number of rotatable bonds is 6. The number of aromatic amines is 1. The smallest absolute Gasteiger partial charge is 0.430 e. The summed E-state index contributed by atoms with van der Waals surface area (Å²) < 4.78 is 31.5. The molecule has 0 spiro atoms. The lowest BCUT2D eigenvalue weighted by atomic mass is 9.96. The molecule has 9 nitrogen and oxygen atoms in total.